The van der Waals surface area contributed by atoms with Crippen LogP contribution in [0.1, 0.15) is 52.9 Å². The summed E-state index contributed by atoms with van der Waals surface area (Å²) in [5, 5.41) is 15.7. The molecule has 0 unspecified atom stereocenters. The third-order valence-electron chi connectivity index (χ3n) is 3.04. The van der Waals surface area contributed by atoms with E-state index in [2.05, 4.69) is 62.2 Å². The van der Waals surface area contributed by atoms with Crippen LogP contribution in [0.15, 0.2) is 12.4 Å². The van der Waals surface area contributed by atoms with Gasteiger partial charge in [-0.2, -0.15) is 9.36 Å². The van der Waals surface area contributed by atoms with E-state index in [1.807, 2.05) is 0 Å². The van der Waals surface area contributed by atoms with Gasteiger partial charge in [-0.05, 0) is 23.7 Å². The van der Waals surface area contributed by atoms with E-state index in [0.717, 1.165) is 17.8 Å². The highest BCUT2D eigenvalue weighted by molar-refractivity contribution is 5.77. The molecule has 2 heterocycles. The zero-order valence-electron chi connectivity index (χ0n) is 14.2. The van der Waals surface area contributed by atoms with Gasteiger partial charge in [0.05, 0.1) is 23.8 Å². The molecule has 0 aromatic carbocycles. The van der Waals surface area contributed by atoms with Crippen molar-refractivity contribution < 1.29 is 4.79 Å². The predicted octanol–water partition coefficient (Wildman–Crippen LogP) is 2.56. The Balaban J connectivity index is 2.43. The zero-order valence-corrected chi connectivity index (χ0v) is 14.2. The van der Waals surface area contributed by atoms with E-state index in [4.69, 9.17) is 0 Å². The van der Waals surface area contributed by atoms with Crippen LogP contribution in [0.4, 0.5) is 4.79 Å². The first-order chi connectivity index (χ1) is 10.1. The summed E-state index contributed by atoms with van der Waals surface area (Å²) in [5.41, 5.74) is 1.82. The van der Waals surface area contributed by atoms with E-state index in [9.17, 15) is 4.79 Å². The van der Waals surface area contributed by atoms with Gasteiger partial charge in [0, 0.05) is 0 Å². The second kappa shape index (κ2) is 5.62. The van der Waals surface area contributed by atoms with E-state index >= 15 is 0 Å². The average molecular weight is 304 g/mol. The standard InChI is InChI=1S/C15H24N6O/c1-14(2,3)9-11-12(10-15(4,5)6)21(19-17-11)13(22)20-8-7-16-18-20/h7-8H,9-10H2,1-6H3. The molecule has 2 rings (SSSR count). The second-order valence-electron chi connectivity index (χ2n) is 8.00. The van der Waals surface area contributed by atoms with Crippen molar-refractivity contribution in [2.75, 3.05) is 0 Å². The highest BCUT2D eigenvalue weighted by atomic mass is 16.2. The first kappa shape index (κ1) is 16.3. The van der Waals surface area contributed by atoms with Crippen molar-refractivity contribution in [3.05, 3.63) is 23.8 Å². The molecule has 2 aromatic rings. The number of nitrogens with zero attached hydrogens (tertiary/aromatic N) is 6. The quantitative estimate of drug-likeness (QED) is 0.852. The van der Waals surface area contributed by atoms with Gasteiger partial charge in [-0.3, -0.25) is 0 Å². The van der Waals surface area contributed by atoms with Crippen LogP contribution < -0.4 is 0 Å². The molecule has 7 heteroatoms. The smallest absolute Gasteiger partial charge is 0.243 e. The summed E-state index contributed by atoms with van der Waals surface area (Å²) in [5.74, 6) is 0. The zero-order chi connectivity index (χ0) is 16.5. The summed E-state index contributed by atoms with van der Waals surface area (Å²) in [6.07, 6.45) is 4.46. The fraction of sp³-hybridized carbons (Fsp3) is 0.667. The Morgan fingerprint density at radius 3 is 2.18 bits per heavy atom. The maximum absolute atomic E-state index is 12.5. The molecule has 0 aliphatic carbocycles. The number of carbonyl (C=O) groups is 1. The first-order valence-corrected chi connectivity index (χ1v) is 7.41. The van der Waals surface area contributed by atoms with Gasteiger partial charge in [0.25, 0.3) is 0 Å². The lowest BCUT2D eigenvalue weighted by atomic mass is 9.85. The summed E-state index contributed by atoms with van der Waals surface area (Å²) in [6.45, 7) is 12.8. The SMILES string of the molecule is CC(C)(C)Cc1nnn(C(=O)n2ccnn2)c1CC(C)(C)C. The number of carbonyl (C=O) groups excluding carboxylic acids is 1. The van der Waals surface area contributed by atoms with Gasteiger partial charge in [-0.15, -0.1) is 10.2 Å². The van der Waals surface area contributed by atoms with E-state index in [1.54, 1.807) is 0 Å². The van der Waals surface area contributed by atoms with Crippen molar-refractivity contribution >= 4 is 6.03 Å². The van der Waals surface area contributed by atoms with Crippen LogP contribution in [0.5, 0.6) is 0 Å². The van der Waals surface area contributed by atoms with Crippen LogP contribution in [0, 0.1) is 10.8 Å². The van der Waals surface area contributed by atoms with Crippen LogP contribution >= 0.6 is 0 Å². The van der Waals surface area contributed by atoms with Gasteiger partial charge in [0.15, 0.2) is 0 Å². The molecule has 0 saturated heterocycles. The molecule has 0 N–H and O–H groups in total. The van der Waals surface area contributed by atoms with Crippen LogP contribution in [0.2, 0.25) is 0 Å². The van der Waals surface area contributed by atoms with Gasteiger partial charge < -0.3 is 0 Å². The largest absolute Gasteiger partial charge is 0.372 e. The van der Waals surface area contributed by atoms with Crippen LogP contribution in [-0.2, 0) is 12.8 Å². The molecule has 0 fully saturated rings. The molecule has 0 amide bonds. The lowest BCUT2D eigenvalue weighted by Gasteiger charge is -2.21. The molecule has 0 aliphatic rings. The van der Waals surface area contributed by atoms with E-state index in [1.165, 1.54) is 21.8 Å². The molecule has 0 bridgehead atoms. The molecule has 2 aromatic heterocycles. The van der Waals surface area contributed by atoms with Crippen LogP contribution in [0.3, 0.4) is 0 Å². The Morgan fingerprint density at radius 2 is 1.68 bits per heavy atom. The maximum atomic E-state index is 12.5. The summed E-state index contributed by atoms with van der Waals surface area (Å²) in [7, 11) is 0. The fourth-order valence-electron chi connectivity index (χ4n) is 2.21. The van der Waals surface area contributed by atoms with Crippen molar-refractivity contribution in [3.8, 4) is 0 Å². The van der Waals surface area contributed by atoms with Crippen molar-refractivity contribution in [1.29, 1.82) is 0 Å². The Morgan fingerprint density at radius 1 is 1.05 bits per heavy atom. The summed E-state index contributed by atoms with van der Waals surface area (Å²) in [6, 6.07) is -0.357. The van der Waals surface area contributed by atoms with Crippen molar-refractivity contribution in [2.24, 2.45) is 10.8 Å². The van der Waals surface area contributed by atoms with E-state index in [0.29, 0.717) is 6.42 Å². The summed E-state index contributed by atoms with van der Waals surface area (Å²) in [4.78, 5) is 12.5. The molecule has 120 valence electrons. The highest BCUT2D eigenvalue weighted by Crippen LogP contribution is 2.26. The first-order valence-electron chi connectivity index (χ1n) is 7.41. The van der Waals surface area contributed by atoms with Crippen LogP contribution in [-0.4, -0.2) is 36.0 Å². The maximum Gasteiger partial charge on any atom is 0.372 e. The summed E-state index contributed by atoms with van der Waals surface area (Å²) >= 11 is 0. The Hall–Kier alpha value is -2.05. The Kier molecular flexibility index (Phi) is 4.17. The number of rotatable bonds is 2. The number of hydrogen-bond acceptors (Lipinski definition) is 5. The third-order valence-corrected chi connectivity index (χ3v) is 3.04. The van der Waals surface area contributed by atoms with Gasteiger partial charge in [-0.1, -0.05) is 52.0 Å². The molecule has 0 saturated carbocycles. The molecule has 0 aliphatic heterocycles. The van der Waals surface area contributed by atoms with Crippen molar-refractivity contribution in [2.45, 2.75) is 54.4 Å². The molecule has 22 heavy (non-hydrogen) atoms. The van der Waals surface area contributed by atoms with Gasteiger partial charge in [-0.25, -0.2) is 4.79 Å². The summed E-state index contributed by atoms with van der Waals surface area (Å²) < 4.78 is 2.52. The minimum atomic E-state index is -0.357. The van der Waals surface area contributed by atoms with Gasteiger partial charge in [0.1, 0.15) is 0 Å². The predicted molar refractivity (Wildman–Crippen MR) is 82.6 cm³/mol. The average Bonchev–Trinajstić information content (AvgIpc) is 2.96. The third kappa shape index (κ3) is 3.99. The molecule has 0 radical (unpaired) electrons. The van der Waals surface area contributed by atoms with Crippen molar-refractivity contribution in [3.63, 3.8) is 0 Å². The van der Waals surface area contributed by atoms with Crippen LogP contribution in [0.25, 0.3) is 0 Å². The fourth-order valence-corrected chi connectivity index (χ4v) is 2.21. The number of hydrogen-bond donors (Lipinski definition) is 0. The lowest BCUT2D eigenvalue weighted by molar-refractivity contribution is 0.235. The normalized spacial score (nSPS) is 12.6. The Labute approximate surface area is 130 Å². The Bertz CT molecular complexity index is 643. The lowest BCUT2D eigenvalue weighted by Crippen LogP contribution is -2.26. The van der Waals surface area contributed by atoms with E-state index in [-0.39, 0.29) is 16.9 Å². The number of aromatic nitrogens is 6. The highest BCUT2D eigenvalue weighted by Gasteiger charge is 2.26. The molecule has 7 nitrogen and oxygen atoms in total. The molecule has 0 spiro atoms. The van der Waals surface area contributed by atoms with Gasteiger partial charge >= 0.3 is 6.03 Å². The van der Waals surface area contributed by atoms with Gasteiger partial charge in [0.2, 0.25) is 0 Å². The molecular formula is C15H24N6O. The van der Waals surface area contributed by atoms with Crippen molar-refractivity contribution in [1.82, 2.24) is 30.0 Å². The second-order valence-corrected chi connectivity index (χ2v) is 8.00. The molecular weight excluding hydrogens is 280 g/mol. The topological polar surface area (TPSA) is 78.5 Å². The molecule has 0 atom stereocenters. The minimum absolute atomic E-state index is 0.0226. The minimum Gasteiger partial charge on any atom is -0.243 e. The monoisotopic (exact) mass is 304 g/mol. The van der Waals surface area contributed by atoms with E-state index < -0.39 is 0 Å².